The number of hydrogen-bond acceptors (Lipinski definition) is 3. The number of fused-ring (bicyclic) bond motifs is 1. The molecule has 0 fully saturated rings. The topological polar surface area (TPSA) is 34.9 Å². The van der Waals surface area contributed by atoms with Gasteiger partial charge in [-0.1, -0.05) is 18.2 Å². The standard InChI is InChI=1S/C14H13BrN2OS/c1-2-17-13(11(15)7-16-17)14(18)10-8-19-12-6-4-3-5-9(10)12/h3-7,10H,2,8H2,1H3. The van der Waals surface area contributed by atoms with Crippen LogP contribution in [-0.4, -0.2) is 21.3 Å². The Labute approximate surface area is 124 Å². The van der Waals surface area contributed by atoms with Crippen LogP contribution in [-0.2, 0) is 6.54 Å². The Kier molecular flexibility index (Phi) is 3.50. The Morgan fingerprint density at radius 3 is 3.11 bits per heavy atom. The summed E-state index contributed by atoms with van der Waals surface area (Å²) in [6, 6.07) is 8.15. The number of aryl methyl sites for hydroxylation is 1. The van der Waals surface area contributed by atoms with Crippen LogP contribution in [0.15, 0.2) is 39.8 Å². The van der Waals surface area contributed by atoms with Crippen LogP contribution in [0.4, 0.5) is 0 Å². The average molecular weight is 337 g/mol. The van der Waals surface area contributed by atoms with Gasteiger partial charge in [-0.05, 0) is 34.5 Å². The highest BCUT2D eigenvalue weighted by Crippen LogP contribution is 2.41. The van der Waals surface area contributed by atoms with Crippen LogP contribution in [0.2, 0.25) is 0 Å². The SMILES string of the molecule is CCn1ncc(Br)c1C(=O)C1CSc2ccccc21. The van der Waals surface area contributed by atoms with Gasteiger partial charge in [-0.2, -0.15) is 5.10 Å². The van der Waals surface area contributed by atoms with Crippen LogP contribution in [0.25, 0.3) is 0 Å². The Bertz CT molecular complexity index is 638. The number of hydrogen-bond donors (Lipinski definition) is 0. The van der Waals surface area contributed by atoms with Crippen molar-refractivity contribution in [3.05, 3.63) is 46.2 Å². The maximum absolute atomic E-state index is 12.8. The zero-order chi connectivity index (χ0) is 13.4. The molecule has 0 N–H and O–H groups in total. The predicted molar refractivity (Wildman–Crippen MR) is 79.8 cm³/mol. The Morgan fingerprint density at radius 1 is 1.53 bits per heavy atom. The minimum atomic E-state index is -0.0560. The molecule has 5 heteroatoms. The first kappa shape index (κ1) is 12.9. The first-order valence-electron chi connectivity index (χ1n) is 6.19. The molecule has 1 unspecified atom stereocenters. The van der Waals surface area contributed by atoms with Crippen molar-refractivity contribution in [3.63, 3.8) is 0 Å². The van der Waals surface area contributed by atoms with Crippen molar-refractivity contribution in [2.24, 2.45) is 0 Å². The second-order valence-electron chi connectivity index (χ2n) is 4.42. The number of aromatic nitrogens is 2. The van der Waals surface area contributed by atoms with E-state index < -0.39 is 0 Å². The highest BCUT2D eigenvalue weighted by Gasteiger charge is 2.32. The van der Waals surface area contributed by atoms with Crippen LogP contribution >= 0.6 is 27.7 Å². The number of halogens is 1. The van der Waals surface area contributed by atoms with Gasteiger partial charge in [-0.3, -0.25) is 9.48 Å². The number of benzene rings is 1. The Balaban J connectivity index is 2.00. The lowest BCUT2D eigenvalue weighted by Gasteiger charge is -2.11. The van der Waals surface area contributed by atoms with Gasteiger partial charge in [-0.15, -0.1) is 11.8 Å². The molecule has 0 amide bonds. The highest BCUT2D eigenvalue weighted by atomic mass is 79.9. The summed E-state index contributed by atoms with van der Waals surface area (Å²) in [6.45, 7) is 2.70. The summed E-state index contributed by atoms with van der Waals surface area (Å²) in [5, 5.41) is 4.22. The van der Waals surface area contributed by atoms with Crippen molar-refractivity contribution in [2.45, 2.75) is 24.3 Å². The molecule has 1 aliphatic heterocycles. The fourth-order valence-electron chi connectivity index (χ4n) is 2.39. The zero-order valence-electron chi connectivity index (χ0n) is 10.5. The Hall–Kier alpha value is -1.07. The van der Waals surface area contributed by atoms with Gasteiger partial charge in [0.15, 0.2) is 5.78 Å². The third-order valence-electron chi connectivity index (χ3n) is 3.34. The van der Waals surface area contributed by atoms with E-state index in [0.29, 0.717) is 12.2 Å². The molecule has 1 aliphatic rings. The minimum absolute atomic E-state index is 0.0560. The molecule has 0 bridgehead atoms. The summed E-state index contributed by atoms with van der Waals surface area (Å²) in [7, 11) is 0. The summed E-state index contributed by atoms with van der Waals surface area (Å²) in [4.78, 5) is 14.0. The van der Waals surface area contributed by atoms with E-state index in [2.05, 4.69) is 33.2 Å². The second kappa shape index (κ2) is 5.13. The second-order valence-corrected chi connectivity index (χ2v) is 6.34. The molecule has 2 aromatic rings. The predicted octanol–water partition coefficient (Wildman–Crippen LogP) is 3.74. The van der Waals surface area contributed by atoms with E-state index in [4.69, 9.17) is 0 Å². The largest absolute Gasteiger partial charge is 0.292 e. The third-order valence-corrected chi connectivity index (χ3v) is 5.11. The van der Waals surface area contributed by atoms with Gasteiger partial charge < -0.3 is 0 Å². The van der Waals surface area contributed by atoms with Crippen LogP contribution in [0.1, 0.15) is 28.9 Å². The first-order chi connectivity index (χ1) is 9.22. The number of thioether (sulfide) groups is 1. The van der Waals surface area contributed by atoms with E-state index in [-0.39, 0.29) is 11.7 Å². The van der Waals surface area contributed by atoms with Crippen molar-refractivity contribution in [1.29, 1.82) is 0 Å². The molecule has 1 aromatic heterocycles. The van der Waals surface area contributed by atoms with E-state index in [1.165, 1.54) is 4.90 Å². The summed E-state index contributed by atoms with van der Waals surface area (Å²) >= 11 is 5.19. The maximum atomic E-state index is 12.8. The zero-order valence-corrected chi connectivity index (χ0v) is 12.9. The van der Waals surface area contributed by atoms with Gasteiger partial charge in [0, 0.05) is 17.2 Å². The minimum Gasteiger partial charge on any atom is -0.292 e. The summed E-state index contributed by atoms with van der Waals surface area (Å²) in [5.41, 5.74) is 1.83. The molecule has 2 heterocycles. The van der Waals surface area contributed by atoms with Crippen LogP contribution in [0, 0.1) is 0 Å². The highest BCUT2D eigenvalue weighted by molar-refractivity contribution is 9.10. The third kappa shape index (κ3) is 2.15. The molecule has 0 saturated carbocycles. The van der Waals surface area contributed by atoms with Gasteiger partial charge in [0.2, 0.25) is 0 Å². The van der Waals surface area contributed by atoms with Gasteiger partial charge in [0.05, 0.1) is 16.6 Å². The fraction of sp³-hybridized carbons (Fsp3) is 0.286. The molecule has 0 aliphatic carbocycles. The summed E-state index contributed by atoms with van der Waals surface area (Å²) in [5.74, 6) is 0.919. The number of ketones is 1. The number of nitrogens with zero attached hydrogens (tertiary/aromatic N) is 2. The van der Waals surface area contributed by atoms with Crippen molar-refractivity contribution >= 4 is 33.5 Å². The van der Waals surface area contributed by atoms with Crippen LogP contribution in [0.3, 0.4) is 0 Å². The molecular weight excluding hydrogens is 324 g/mol. The lowest BCUT2D eigenvalue weighted by atomic mass is 9.95. The van der Waals surface area contributed by atoms with Crippen LogP contribution in [0.5, 0.6) is 0 Å². The van der Waals surface area contributed by atoms with Crippen molar-refractivity contribution < 1.29 is 4.79 Å². The van der Waals surface area contributed by atoms with Crippen molar-refractivity contribution in [2.75, 3.05) is 5.75 Å². The summed E-state index contributed by atoms with van der Waals surface area (Å²) in [6.07, 6.45) is 1.70. The number of rotatable bonds is 3. The van der Waals surface area contributed by atoms with E-state index in [1.807, 2.05) is 19.1 Å². The van der Waals surface area contributed by atoms with Gasteiger partial charge in [-0.25, -0.2) is 0 Å². The molecule has 0 radical (unpaired) electrons. The van der Waals surface area contributed by atoms with E-state index in [0.717, 1.165) is 15.8 Å². The van der Waals surface area contributed by atoms with E-state index >= 15 is 0 Å². The molecular formula is C14H13BrN2OS. The quantitative estimate of drug-likeness (QED) is 0.801. The van der Waals surface area contributed by atoms with Crippen molar-refractivity contribution in [1.82, 2.24) is 9.78 Å². The van der Waals surface area contributed by atoms with Crippen LogP contribution < -0.4 is 0 Å². The van der Waals surface area contributed by atoms with E-state index in [9.17, 15) is 4.79 Å². The lowest BCUT2D eigenvalue weighted by molar-refractivity contribution is 0.0957. The van der Waals surface area contributed by atoms with Gasteiger partial charge in [0.1, 0.15) is 5.69 Å². The summed E-state index contributed by atoms with van der Waals surface area (Å²) < 4.78 is 2.55. The molecule has 19 heavy (non-hydrogen) atoms. The smallest absolute Gasteiger partial charge is 0.190 e. The van der Waals surface area contributed by atoms with Crippen molar-refractivity contribution in [3.8, 4) is 0 Å². The maximum Gasteiger partial charge on any atom is 0.190 e. The molecule has 98 valence electrons. The molecule has 3 nitrogen and oxygen atoms in total. The molecule has 1 aromatic carbocycles. The normalized spacial score (nSPS) is 17.5. The molecule has 1 atom stereocenters. The number of Topliss-reactive ketones (excluding diaryl/α,β-unsaturated/α-hetero) is 1. The number of carbonyl (C=O) groups is 1. The molecule has 0 spiro atoms. The monoisotopic (exact) mass is 336 g/mol. The first-order valence-corrected chi connectivity index (χ1v) is 7.97. The van der Waals surface area contributed by atoms with E-state index in [1.54, 1.807) is 22.6 Å². The van der Waals surface area contributed by atoms with Gasteiger partial charge in [0.25, 0.3) is 0 Å². The molecule has 0 saturated heterocycles. The van der Waals surface area contributed by atoms with Gasteiger partial charge >= 0.3 is 0 Å². The average Bonchev–Trinajstić information content (AvgIpc) is 3.01. The molecule has 3 rings (SSSR count). The Morgan fingerprint density at radius 2 is 2.32 bits per heavy atom. The fourth-order valence-corrected chi connectivity index (χ4v) is 4.11. The number of carbonyl (C=O) groups excluding carboxylic acids is 1. The lowest BCUT2D eigenvalue weighted by Crippen LogP contribution is -2.17.